The predicted molar refractivity (Wildman–Crippen MR) is 88.8 cm³/mol. The van der Waals surface area contributed by atoms with Gasteiger partial charge in [-0.25, -0.2) is 0 Å². The molecule has 0 aliphatic carbocycles. The summed E-state index contributed by atoms with van der Waals surface area (Å²) in [4.78, 5) is 14.5. The number of aliphatic hydroxyl groups excluding tert-OH is 1. The fourth-order valence-electron chi connectivity index (χ4n) is 3.06. The van der Waals surface area contributed by atoms with Crippen molar-refractivity contribution < 1.29 is 23.1 Å². The average molecular weight is 358 g/mol. The molecule has 1 aromatic rings. The second-order valence-corrected chi connectivity index (χ2v) is 6.79. The van der Waals surface area contributed by atoms with E-state index in [1.165, 1.54) is 12.1 Å². The molecule has 1 amide bonds. The molecular weight excluding hydrogens is 333 g/mol. The number of aliphatic hydroxyl groups is 1. The molecule has 1 aliphatic heterocycles. The molecule has 0 unspecified atom stereocenters. The van der Waals surface area contributed by atoms with Gasteiger partial charge >= 0.3 is 6.18 Å². The van der Waals surface area contributed by atoms with Crippen LogP contribution in [0.3, 0.4) is 0 Å². The van der Waals surface area contributed by atoms with E-state index < -0.39 is 17.8 Å². The SMILES string of the molecule is CC(C)N1CCC(C(=O)NC[C@H](O)c2cccc(C(F)(F)F)c2)CC1. The maximum Gasteiger partial charge on any atom is 0.416 e. The maximum absolute atomic E-state index is 12.7. The standard InChI is InChI=1S/C18H25F3N2O2/c1-12(2)23-8-6-13(7-9-23)17(25)22-11-16(24)14-4-3-5-15(10-14)18(19,20)21/h3-5,10,12-13,16,24H,6-9,11H2,1-2H3,(H,22,25)/t16-/m0/s1. The van der Waals surface area contributed by atoms with Gasteiger partial charge in [-0.15, -0.1) is 0 Å². The van der Waals surface area contributed by atoms with Crippen LogP contribution in [0, 0.1) is 5.92 Å². The fourth-order valence-corrected chi connectivity index (χ4v) is 3.06. The molecule has 1 fully saturated rings. The zero-order chi connectivity index (χ0) is 18.6. The number of alkyl halides is 3. The summed E-state index contributed by atoms with van der Waals surface area (Å²) in [6, 6.07) is 5.00. The molecular formula is C18H25F3N2O2. The minimum absolute atomic E-state index is 0.0927. The molecule has 1 heterocycles. The molecule has 1 aliphatic rings. The number of nitrogens with zero attached hydrogens (tertiary/aromatic N) is 1. The van der Waals surface area contributed by atoms with E-state index in [0.29, 0.717) is 6.04 Å². The van der Waals surface area contributed by atoms with Crippen LogP contribution < -0.4 is 5.32 Å². The first-order chi connectivity index (χ1) is 11.7. The van der Waals surface area contributed by atoms with Gasteiger partial charge in [-0.05, 0) is 57.5 Å². The Bertz CT molecular complexity index is 582. The van der Waals surface area contributed by atoms with Crippen molar-refractivity contribution in [3.63, 3.8) is 0 Å². The minimum atomic E-state index is -4.45. The van der Waals surface area contributed by atoms with Gasteiger partial charge in [0.05, 0.1) is 11.7 Å². The second-order valence-electron chi connectivity index (χ2n) is 6.79. The number of halogens is 3. The fraction of sp³-hybridized carbons (Fsp3) is 0.611. The van der Waals surface area contributed by atoms with Gasteiger partial charge in [-0.1, -0.05) is 12.1 Å². The summed E-state index contributed by atoms with van der Waals surface area (Å²) in [7, 11) is 0. The first kappa shape index (κ1) is 19.7. The Hall–Kier alpha value is -1.60. The lowest BCUT2D eigenvalue weighted by atomic mass is 9.95. The second kappa shape index (κ2) is 8.19. The van der Waals surface area contributed by atoms with Crippen LogP contribution in [-0.2, 0) is 11.0 Å². The molecule has 0 aromatic heterocycles. The zero-order valence-corrected chi connectivity index (χ0v) is 14.5. The van der Waals surface area contributed by atoms with Crippen molar-refractivity contribution in [3.05, 3.63) is 35.4 Å². The number of likely N-dealkylation sites (tertiary alicyclic amines) is 1. The molecule has 1 aromatic carbocycles. The Labute approximate surface area is 146 Å². The zero-order valence-electron chi connectivity index (χ0n) is 14.5. The molecule has 2 N–H and O–H groups in total. The molecule has 25 heavy (non-hydrogen) atoms. The topological polar surface area (TPSA) is 52.6 Å². The first-order valence-electron chi connectivity index (χ1n) is 8.55. The van der Waals surface area contributed by atoms with Crippen LogP contribution in [-0.4, -0.2) is 41.6 Å². The summed E-state index contributed by atoms with van der Waals surface area (Å²) >= 11 is 0. The highest BCUT2D eigenvalue weighted by atomic mass is 19.4. The number of hydrogen-bond donors (Lipinski definition) is 2. The number of rotatable bonds is 5. The van der Waals surface area contributed by atoms with Gasteiger partial charge in [-0.2, -0.15) is 13.2 Å². The third-order valence-electron chi connectivity index (χ3n) is 4.70. The van der Waals surface area contributed by atoms with E-state index in [9.17, 15) is 23.1 Å². The quantitative estimate of drug-likeness (QED) is 0.851. The van der Waals surface area contributed by atoms with Crippen molar-refractivity contribution in [1.29, 1.82) is 0 Å². The predicted octanol–water partition coefficient (Wildman–Crippen LogP) is 2.98. The van der Waals surface area contributed by atoms with Crippen LogP contribution >= 0.6 is 0 Å². The largest absolute Gasteiger partial charge is 0.416 e. The number of carbonyl (C=O) groups is 1. The average Bonchev–Trinajstić information content (AvgIpc) is 2.58. The van der Waals surface area contributed by atoms with Crippen LogP contribution in [0.1, 0.15) is 43.9 Å². The van der Waals surface area contributed by atoms with E-state index in [1.54, 1.807) is 0 Å². The third kappa shape index (κ3) is 5.44. The summed E-state index contributed by atoms with van der Waals surface area (Å²) in [5.41, 5.74) is -0.666. The van der Waals surface area contributed by atoms with Crippen molar-refractivity contribution in [2.24, 2.45) is 5.92 Å². The monoisotopic (exact) mass is 358 g/mol. The summed E-state index contributed by atoms with van der Waals surface area (Å²) in [6.45, 7) is 5.85. The molecule has 2 rings (SSSR count). The lowest BCUT2D eigenvalue weighted by Gasteiger charge is -2.34. The van der Waals surface area contributed by atoms with Gasteiger partial charge < -0.3 is 15.3 Å². The van der Waals surface area contributed by atoms with Crippen molar-refractivity contribution in [2.75, 3.05) is 19.6 Å². The molecule has 0 spiro atoms. The number of benzene rings is 1. The first-order valence-corrected chi connectivity index (χ1v) is 8.55. The normalized spacial score (nSPS) is 18.4. The Morgan fingerprint density at radius 3 is 2.52 bits per heavy atom. The van der Waals surface area contributed by atoms with Crippen LogP contribution in [0.5, 0.6) is 0 Å². The van der Waals surface area contributed by atoms with Crippen LogP contribution in [0.25, 0.3) is 0 Å². The van der Waals surface area contributed by atoms with E-state index >= 15 is 0 Å². The molecule has 1 atom stereocenters. The van der Waals surface area contributed by atoms with Crippen molar-refractivity contribution in [1.82, 2.24) is 10.2 Å². The van der Waals surface area contributed by atoms with Crippen molar-refractivity contribution in [2.45, 2.75) is 45.0 Å². The highest BCUT2D eigenvalue weighted by Crippen LogP contribution is 2.30. The van der Waals surface area contributed by atoms with Gasteiger partial charge in [0.2, 0.25) is 5.91 Å². The smallest absolute Gasteiger partial charge is 0.387 e. The number of amides is 1. The number of carbonyl (C=O) groups excluding carboxylic acids is 1. The van der Waals surface area contributed by atoms with Crippen molar-refractivity contribution in [3.8, 4) is 0 Å². The molecule has 0 bridgehead atoms. The minimum Gasteiger partial charge on any atom is -0.387 e. The molecule has 4 nitrogen and oxygen atoms in total. The van der Waals surface area contributed by atoms with E-state index in [-0.39, 0.29) is 23.9 Å². The Morgan fingerprint density at radius 1 is 1.32 bits per heavy atom. The number of hydrogen-bond acceptors (Lipinski definition) is 3. The van der Waals surface area contributed by atoms with E-state index in [4.69, 9.17) is 0 Å². The van der Waals surface area contributed by atoms with Gasteiger partial charge in [0.1, 0.15) is 0 Å². The highest BCUT2D eigenvalue weighted by Gasteiger charge is 2.31. The molecule has 1 saturated heterocycles. The number of nitrogens with one attached hydrogen (secondary N) is 1. The summed E-state index contributed by atoms with van der Waals surface area (Å²) in [6.07, 6.45) is -4.11. The van der Waals surface area contributed by atoms with E-state index in [0.717, 1.165) is 38.1 Å². The summed E-state index contributed by atoms with van der Waals surface area (Å²) < 4.78 is 38.2. The van der Waals surface area contributed by atoms with Crippen LogP contribution in [0.2, 0.25) is 0 Å². The Kier molecular flexibility index (Phi) is 6.46. The third-order valence-corrected chi connectivity index (χ3v) is 4.70. The Morgan fingerprint density at radius 2 is 1.96 bits per heavy atom. The maximum atomic E-state index is 12.7. The molecule has 140 valence electrons. The van der Waals surface area contributed by atoms with Gasteiger partial charge in [0.25, 0.3) is 0 Å². The van der Waals surface area contributed by atoms with Gasteiger partial charge in [-0.3, -0.25) is 4.79 Å². The van der Waals surface area contributed by atoms with E-state index in [2.05, 4.69) is 24.1 Å². The highest BCUT2D eigenvalue weighted by molar-refractivity contribution is 5.78. The van der Waals surface area contributed by atoms with Gasteiger partial charge in [0, 0.05) is 18.5 Å². The number of piperidine rings is 1. The van der Waals surface area contributed by atoms with Crippen LogP contribution in [0.15, 0.2) is 24.3 Å². The molecule has 7 heteroatoms. The Balaban J connectivity index is 1.86. The van der Waals surface area contributed by atoms with Gasteiger partial charge in [0.15, 0.2) is 0 Å². The molecule has 0 radical (unpaired) electrons. The summed E-state index contributed by atoms with van der Waals surface area (Å²) in [5.74, 6) is -0.252. The lowest BCUT2D eigenvalue weighted by molar-refractivity contribution is -0.137. The lowest BCUT2D eigenvalue weighted by Crippen LogP contribution is -2.43. The summed E-state index contributed by atoms with van der Waals surface area (Å²) in [5, 5.41) is 12.7. The van der Waals surface area contributed by atoms with E-state index in [1.807, 2.05) is 0 Å². The molecule has 0 saturated carbocycles. The van der Waals surface area contributed by atoms with Crippen molar-refractivity contribution >= 4 is 5.91 Å². The van der Waals surface area contributed by atoms with Crippen LogP contribution in [0.4, 0.5) is 13.2 Å².